The van der Waals surface area contributed by atoms with Gasteiger partial charge in [0.15, 0.2) is 0 Å². The van der Waals surface area contributed by atoms with Crippen molar-refractivity contribution in [3.05, 3.63) is 11.5 Å². The third kappa shape index (κ3) is 8.40. The van der Waals surface area contributed by atoms with Gasteiger partial charge in [0.05, 0.1) is 0 Å². The van der Waals surface area contributed by atoms with Crippen LogP contribution in [0.4, 0.5) is 0 Å². The molecule has 0 atom stereocenters. The molecule has 0 unspecified atom stereocenters. The van der Waals surface area contributed by atoms with Crippen LogP contribution in [0.25, 0.3) is 0 Å². The number of rotatable bonds is 2. The van der Waals surface area contributed by atoms with Crippen LogP contribution in [-0.4, -0.2) is 19.0 Å². The Bertz CT molecular complexity index is 75.7. The number of hydrogen-bond acceptors (Lipinski definition) is 3. The summed E-state index contributed by atoms with van der Waals surface area (Å²) in [7, 11) is 3.69. The molecule has 0 aromatic rings. The maximum absolute atomic E-state index is 4.83. The molecule has 1 heterocycles. The molecule has 3 heteroatoms. The lowest BCUT2D eigenvalue weighted by molar-refractivity contribution is 0.162. The van der Waals surface area contributed by atoms with Crippen LogP contribution in [0, 0.1) is 0 Å². The molecule has 1 nitrogen and oxygen atoms in total. The van der Waals surface area contributed by atoms with Crippen LogP contribution in [0.15, 0.2) is 11.5 Å². The minimum atomic E-state index is 0.844. The van der Waals surface area contributed by atoms with E-state index in [9.17, 15) is 0 Å². The Morgan fingerprint density at radius 2 is 2.10 bits per heavy atom. The molecular weight excluding hydrogens is 164 g/mol. The molecule has 0 amide bonds. The zero-order valence-corrected chi connectivity index (χ0v) is 8.13. The van der Waals surface area contributed by atoms with Crippen molar-refractivity contribution in [1.82, 2.24) is 0 Å². The SMILES string of the molecule is C1=CSSC1.CCOCC. The van der Waals surface area contributed by atoms with E-state index in [2.05, 4.69) is 11.5 Å². The van der Waals surface area contributed by atoms with E-state index in [1.807, 2.05) is 35.4 Å². The fourth-order valence-corrected chi connectivity index (χ4v) is 1.97. The Labute approximate surface area is 71.0 Å². The Hall–Kier alpha value is 0.400. The standard InChI is InChI=1S/C4H10O.C3H4S2/c1-3-5-4-2;1-2-4-5-3-1/h3-4H2,1-2H3;1-2H,3H2. The molecule has 10 heavy (non-hydrogen) atoms. The Kier molecular flexibility index (Phi) is 9.78. The van der Waals surface area contributed by atoms with Crippen LogP contribution in [0.1, 0.15) is 13.8 Å². The molecule has 0 saturated carbocycles. The van der Waals surface area contributed by atoms with Crippen LogP contribution >= 0.6 is 21.6 Å². The van der Waals surface area contributed by atoms with Crippen molar-refractivity contribution in [3.63, 3.8) is 0 Å². The molecule has 0 aromatic carbocycles. The first kappa shape index (κ1) is 10.4. The van der Waals surface area contributed by atoms with Gasteiger partial charge in [0.1, 0.15) is 0 Å². The fraction of sp³-hybridized carbons (Fsp3) is 0.714. The lowest BCUT2D eigenvalue weighted by Crippen LogP contribution is -1.84. The van der Waals surface area contributed by atoms with Crippen molar-refractivity contribution in [2.24, 2.45) is 0 Å². The molecule has 0 aromatic heterocycles. The number of ether oxygens (including phenoxy) is 1. The lowest BCUT2D eigenvalue weighted by atomic mass is 10.8. The van der Waals surface area contributed by atoms with Crippen molar-refractivity contribution >= 4 is 21.6 Å². The topological polar surface area (TPSA) is 9.23 Å². The van der Waals surface area contributed by atoms with Gasteiger partial charge in [-0.05, 0) is 19.3 Å². The van der Waals surface area contributed by atoms with Gasteiger partial charge in [-0.25, -0.2) is 0 Å². The highest BCUT2D eigenvalue weighted by Gasteiger charge is 1.85. The van der Waals surface area contributed by atoms with Crippen LogP contribution < -0.4 is 0 Å². The predicted octanol–water partition coefficient (Wildman–Crippen LogP) is 2.94. The summed E-state index contributed by atoms with van der Waals surface area (Å²) >= 11 is 0. The summed E-state index contributed by atoms with van der Waals surface area (Å²) in [6.45, 7) is 5.67. The van der Waals surface area contributed by atoms with E-state index >= 15 is 0 Å². The predicted molar refractivity (Wildman–Crippen MR) is 51.4 cm³/mol. The third-order valence-corrected chi connectivity index (χ3v) is 2.71. The van der Waals surface area contributed by atoms with Gasteiger partial charge in [-0.3, -0.25) is 0 Å². The fourth-order valence-electron chi connectivity index (χ4n) is 0.401. The summed E-state index contributed by atoms with van der Waals surface area (Å²) in [6.07, 6.45) is 2.16. The molecule has 0 saturated heterocycles. The summed E-state index contributed by atoms with van der Waals surface area (Å²) in [5.41, 5.74) is 0. The second-order valence-corrected chi connectivity index (χ2v) is 3.85. The molecule has 0 aliphatic carbocycles. The van der Waals surface area contributed by atoms with Crippen molar-refractivity contribution < 1.29 is 4.74 Å². The monoisotopic (exact) mass is 178 g/mol. The first-order valence-corrected chi connectivity index (χ1v) is 5.81. The third-order valence-electron chi connectivity index (χ3n) is 0.792. The van der Waals surface area contributed by atoms with Gasteiger partial charge in [0.25, 0.3) is 0 Å². The highest BCUT2D eigenvalue weighted by molar-refractivity contribution is 8.78. The highest BCUT2D eigenvalue weighted by atomic mass is 33.1. The lowest BCUT2D eigenvalue weighted by Gasteiger charge is -1.86. The van der Waals surface area contributed by atoms with Gasteiger partial charge < -0.3 is 4.74 Å². The summed E-state index contributed by atoms with van der Waals surface area (Å²) in [6, 6.07) is 0. The van der Waals surface area contributed by atoms with E-state index in [0.29, 0.717) is 0 Å². The summed E-state index contributed by atoms with van der Waals surface area (Å²) < 4.78 is 4.83. The largest absolute Gasteiger partial charge is 0.382 e. The van der Waals surface area contributed by atoms with E-state index < -0.39 is 0 Å². The summed E-state index contributed by atoms with van der Waals surface area (Å²) in [5.74, 6) is 1.20. The molecule has 0 bridgehead atoms. The van der Waals surface area contributed by atoms with E-state index in [0.717, 1.165) is 13.2 Å². The van der Waals surface area contributed by atoms with E-state index in [1.54, 1.807) is 0 Å². The van der Waals surface area contributed by atoms with Gasteiger partial charge in [-0.1, -0.05) is 27.7 Å². The average molecular weight is 178 g/mol. The van der Waals surface area contributed by atoms with Crippen LogP contribution in [0.3, 0.4) is 0 Å². The highest BCUT2D eigenvalue weighted by Crippen LogP contribution is 2.27. The minimum Gasteiger partial charge on any atom is -0.382 e. The van der Waals surface area contributed by atoms with Crippen molar-refractivity contribution in [2.45, 2.75) is 13.8 Å². The van der Waals surface area contributed by atoms with Crippen LogP contribution in [0.2, 0.25) is 0 Å². The Morgan fingerprint density at radius 1 is 1.40 bits per heavy atom. The molecule has 1 aliphatic heterocycles. The Morgan fingerprint density at radius 3 is 2.20 bits per heavy atom. The van der Waals surface area contributed by atoms with Crippen molar-refractivity contribution in [1.29, 1.82) is 0 Å². The molecule has 60 valence electrons. The molecule has 0 N–H and O–H groups in total. The van der Waals surface area contributed by atoms with Gasteiger partial charge in [0.2, 0.25) is 0 Å². The minimum absolute atomic E-state index is 0.844. The zero-order chi connectivity index (χ0) is 7.66. The maximum atomic E-state index is 4.83. The zero-order valence-electron chi connectivity index (χ0n) is 6.50. The summed E-state index contributed by atoms with van der Waals surface area (Å²) in [4.78, 5) is 0. The number of hydrogen-bond donors (Lipinski definition) is 0. The molecular formula is C7H14OS2. The van der Waals surface area contributed by atoms with Gasteiger partial charge in [-0.15, -0.1) is 0 Å². The van der Waals surface area contributed by atoms with Crippen molar-refractivity contribution in [3.8, 4) is 0 Å². The smallest absolute Gasteiger partial charge is 0.0437 e. The molecule has 1 aliphatic rings. The van der Waals surface area contributed by atoms with Gasteiger partial charge in [-0.2, -0.15) is 0 Å². The summed E-state index contributed by atoms with van der Waals surface area (Å²) in [5, 5.41) is 2.12. The normalized spacial score (nSPS) is 14.6. The second kappa shape index (κ2) is 9.40. The van der Waals surface area contributed by atoms with E-state index in [1.165, 1.54) is 5.75 Å². The Balaban J connectivity index is 0.000000162. The molecule has 0 spiro atoms. The van der Waals surface area contributed by atoms with E-state index in [4.69, 9.17) is 4.74 Å². The second-order valence-electron chi connectivity index (χ2n) is 1.53. The average Bonchev–Trinajstić information content (AvgIpc) is 2.44. The van der Waals surface area contributed by atoms with Crippen LogP contribution in [-0.2, 0) is 4.74 Å². The molecule has 0 radical (unpaired) electrons. The van der Waals surface area contributed by atoms with Gasteiger partial charge in [0, 0.05) is 19.0 Å². The van der Waals surface area contributed by atoms with Crippen molar-refractivity contribution in [2.75, 3.05) is 19.0 Å². The first-order chi connectivity index (χ1) is 4.91. The van der Waals surface area contributed by atoms with E-state index in [-0.39, 0.29) is 0 Å². The first-order valence-electron chi connectivity index (χ1n) is 3.42. The molecule has 1 rings (SSSR count). The quantitative estimate of drug-likeness (QED) is 0.602. The van der Waals surface area contributed by atoms with Crippen LogP contribution in [0.5, 0.6) is 0 Å². The maximum Gasteiger partial charge on any atom is 0.0437 e. The van der Waals surface area contributed by atoms with Gasteiger partial charge >= 0.3 is 0 Å². The molecule has 0 fully saturated rings.